The molecule has 4 aromatic rings. The number of carbonyl (C=O) groups is 2. The molecule has 0 saturated heterocycles. The molecule has 7 heteroatoms. The van der Waals surface area contributed by atoms with E-state index in [4.69, 9.17) is 0 Å². The minimum atomic E-state index is -0.509. The van der Waals surface area contributed by atoms with E-state index in [2.05, 4.69) is 31.2 Å². The molecule has 0 saturated carbocycles. The minimum absolute atomic E-state index is 0.150. The maximum atomic E-state index is 14.1. The molecule has 192 valence electrons. The predicted molar refractivity (Wildman–Crippen MR) is 151 cm³/mol. The number of hydrogen-bond donors (Lipinski definition) is 2. The molecule has 0 bridgehead atoms. The summed E-state index contributed by atoms with van der Waals surface area (Å²) in [5.74, 6) is 0.559. The number of amides is 1. The van der Waals surface area contributed by atoms with Crippen LogP contribution in [0, 0.1) is 0 Å². The Bertz CT molecular complexity index is 1420. The van der Waals surface area contributed by atoms with Crippen molar-refractivity contribution in [2.24, 2.45) is 0 Å². The second kappa shape index (κ2) is 11.6. The number of nitrogens with one attached hydrogen (secondary N) is 2. The first-order valence-corrected chi connectivity index (χ1v) is 13.5. The van der Waals surface area contributed by atoms with Gasteiger partial charge in [-0.05, 0) is 36.6 Å². The SMILES string of the molecule is C[C@@H](NC1=C(C(=O)c2ccccc2)C(c2ccc(Br)cc2)N(CCCc2ncc[nH]2)C1=O)c1ccccc1. The first kappa shape index (κ1) is 25.7. The lowest BCUT2D eigenvalue weighted by molar-refractivity contribution is -0.127. The number of hydrogen-bond acceptors (Lipinski definition) is 4. The van der Waals surface area contributed by atoms with Crippen LogP contribution in [-0.2, 0) is 11.2 Å². The van der Waals surface area contributed by atoms with Crippen LogP contribution in [0.5, 0.6) is 0 Å². The lowest BCUT2D eigenvalue weighted by atomic mass is 9.92. The van der Waals surface area contributed by atoms with Gasteiger partial charge in [0.05, 0.1) is 11.6 Å². The largest absolute Gasteiger partial charge is 0.374 e. The lowest BCUT2D eigenvalue weighted by Gasteiger charge is -2.27. The number of ketones is 1. The van der Waals surface area contributed by atoms with Crippen molar-refractivity contribution >= 4 is 27.6 Å². The number of imidazole rings is 1. The number of Topliss-reactive ketones (excluding diaryl/α,β-unsaturated/α-hetero) is 1. The summed E-state index contributed by atoms with van der Waals surface area (Å²) < 4.78 is 0.936. The van der Waals surface area contributed by atoms with Gasteiger partial charge in [0.15, 0.2) is 5.78 Å². The highest BCUT2D eigenvalue weighted by molar-refractivity contribution is 9.10. The van der Waals surface area contributed by atoms with Crippen LogP contribution in [0.2, 0.25) is 0 Å². The average molecular weight is 570 g/mol. The van der Waals surface area contributed by atoms with E-state index in [9.17, 15) is 9.59 Å². The Labute approximate surface area is 230 Å². The van der Waals surface area contributed by atoms with Gasteiger partial charge in [-0.3, -0.25) is 9.59 Å². The van der Waals surface area contributed by atoms with Gasteiger partial charge >= 0.3 is 0 Å². The van der Waals surface area contributed by atoms with Crippen molar-refractivity contribution in [1.82, 2.24) is 20.2 Å². The van der Waals surface area contributed by atoms with Crippen LogP contribution >= 0.6 is 15.9 Å². The number of benzene rings is 3. The summed E-state index contributed by atoms with van der Waals surface area (Å²) in [4.78, 5) is 37.4. The number of carbonyl (C=O) groups excluding carboxylic acids is 2. The number of aromatic amines is 1. The van der Waals surface area contributed by atoms with Crippen molar-refractivity contribution in [1.29, 1.82) is 0 Å². The fourth-order valence-electron chi connectivity index (χ4n) is 4.91. The Balaban J connectivity index is 1.56. The molecule has 0 fully saturated rings. The van der Waals surface area contributed by atoms with Gasteiger partial charge in [0.1, 0.15) is 11.5 Å². The number of H-pyrrole nitrogens is 1. The normalized spacial score (nSPS) is 16.1. The second-order valence-corrected chi connectivity index (χ2v) is 10.3. The number of aryl methyl sites for hydroxylation is 1. The van der Waals surface area contributed by atoms with Gasteiger partial charge in [-0.2, -0.15) is 0 Å². The van der Waals surface area contributed by atoms with E-state index in [0.717, 1.165) is 21.4 Å². The van der Waals surface area contributed by atoms with Crippen LogP contribution in [0.1, 0.15) is 52.7 Å². The summed E-state index contributed by atoms with van der Waals surface area (Å²) in [6.07, 6.45) is 4.94. The Morgan fingerprint density at radius 3 is 2.37 bits per heavy atom. The molecule has 38 heavy (non-hydrogen) atoms. The average Bonchev–Trinajstić information content (AvgIpc) is 3.56. The molecule has 1 aromatic heterocycles. The summed E-state index contributed by atoms with van der Waals surface area (Å²) in [5, 5.41) is 3.43. The molecule has 0 aliphatic carbocycles. The summed E-state index contributed by atoms with van der Waals surface area (Å²) in [7, 11) is 0. The van der Waals surface area contributed by atoms with Gasteiger partial charge in [0.2, 0.25) is 0 Å². The van der Waals surface area contributed by atoms with Crippen LogP contribution in [0.4, 0.5) is 0 Å². The third-order valence-corrected chi connectivity index (χ3v) is 7.35. The minimum Gasteiger partial charge on any atom is -0.374 e. The van der Waals surface area contributed by atoms with Crippen LogP contribution in [0.25, 0.3) is 0 Å². The Kier molecular flexibility index (Phi) is 7.84. The molecular weight excluding hydrogens is 540 g/mol. The quantitative estimate of drug-likeness (QED) is 0.224. The smallest absolute Gasteiger partial charge is 0.271 e. The number of nitrogens with zero attached hydrogens (tertiary/aromatic N) is 2. The van der Waals surface area contributed by atoms with E-state index in [1.807, 2.05) is 84.6 Å². The molecular formula is C31H29BrN4O2. The highest BCUT2D eigenvalue weighted by Gasteiger charge is 2.43. The topological polar surface area (TPSA) is 78.1 Å². The van der Waals surface area contributed by atoms with Crippen molar-refractivity contribution in [3.05, 3.63) is 136 Å². The highest BCUT2D eigenvalue weighted by atomic mass is 79.9. The van der Waals surface area contributed by atoms with Crippen molar-refractivity contribution < 1.29 is 9.59 Å². The van der Waals surface area contributed by atoms with Crippen LogP contribution < -0.4 is 5.32 Å². The predicted octanol–water partition coefficient (Wildman–Crippen LogP) is 6.18. The first-order chi connectivity index (χ1) is 18.5. The van der Waals surface area contributed by atoms with E-state index in [1.54, 1.807) is 24.5 Å². The molecule has 1 amide bonds. The standard InChI is InChI=1S/C31H29BrN4O2/c1-21(22-9-4-2-5-10-22)35-28-27(30(37)24-11-6-3-7-12-24)29(23-14-16-25(32)17-15-23)36(31(28)38)20-8-13-26-33-18-19-34-26/h2-7,9-12,14-19,21,29,35H,8,13,20H2,1H3,(H,33,34)/t21-,29?/m1/s1. The summed E-state index contributed by atoms with van der Waals surface area (Å²) in [6.45, 7) is 2.49. The summed E-state index contributed by atoms with van der Waals surface area (Å²) in [6, 6.07) is 26.3. The van der Waals surface area contributed by atoms with E-state index < -0.39 is 6.04 Å². The fraction of sp³-hybridized carbons (Fsp3) is 0.194. The third-order valence-electron chi connectivity index (χ3n) is 6.82. The third kappa shape index (κ3) is 5.48. The van der Waals surface area contributed by atoms with Gasteiger partial charge < -0.3 is 15.2 Å². The molecule has 2 N–H and O–H groups in total. The Morgan fingerprint density at radius 2 is 1.71 bits per heavy atom. The van der Waals surface area contributed by atoms with Crippen molar-refractivity contribution in [2.75, 3.05) is 6.54 Å². The van der Waals surface area contributed by atoms with Gasteiger partial charge in [0, 0.05) is 41.4 Å². The van der Waals surface area contributed by atoms with E-state index in [1.165, 1.54) is 0 Å². The van der Waals surface area contributed by atoms with Gasteiger partial charge in [-0.25, -0.2) is 4.98 Å². The zero-order chi connectivity index (χ0) is 26.5. The lowest BCUT2D eigenvalue weighted by Crippen LogP contribution is -2.34. The fourth-order valence-corrected chi connectivity index (χ4v) is 5.17. The molecule has 6 nitrogen and oxygen atoms in total. The van der Waals surface area contributed by atoms with Gasteiger partial charge in [-0.1, -0.05) is 88.7 Å². The van der Waals surface area contributed by atoms with Crippen molar-refractivity contribution in [2.45, 2.75) is 31.8 Å². The first-order valence-electron chi connectivity index (χ1n) is 12.7. The number of halogens is 1. The zero-order valence-electron chi connectivity index (χ0n) is 21.1. The van der Waals surface area contributed by atoms with Crippen LogP contribution in [0.15, 0.2) is 113 Å². The Morgan fingerprint density at radius 1 is 1.03 bits per heavy atom. The van der Waals surface area contributed by atoms with E-state index >= 15 is 0 Å². The number of aromatic nitrogens is 2. The monoisotopic (exact) mass is 568 g/mol. The highest BCUT2D eigenvalue weighted by Crippen LogP contribution is 2.40. The maximum absolute atomic E-state index is 14.1. The van der Waals surface area contributed by atoms with Crippen molar-refractivity contribution in [3.8, 4) is 0 Å². The molecule has 2 atom stereocenters. The summed E-state index contributed by atoms with van der Waals surface area (Å²) >= 11 is 3.51. The molecule has 1 aliphatic heterocycles. The second-order valence-electron chi connectivity index (χ2n) is 9.35. The summed E-state index contributed by atoms with van der Waals surface area (Å²) in [5.41, 5.74) is 3.32. The van der Waals surface area contributed by atoms with Crippen LogP contribution in [0.3, 0.4) is 0 Å². The molecule has 3 aromatic carbocycles. The molecule has 0 spiro atoms. The van der Waals surface area contributed by atoms with Gasteiger partial charge in [0.25, 0.3) is 5.91 Å². The Hall–Kier alpha value is -3.97. The van der Waals surface area contributed by atoms with E-state index in [0.29, 0.717) is 36.2 Å². The molecule has 5 rings (SSSR count). The van der Waals surface area contributed by atoms with Gasteiger partial charge in [-0.15, -0.1) is 0 Å². The maximum Gasteiger partial charge on any atom is 0.271 e. The molecule has 1 unspecified atom stereocenters. The van der Waals surface area contributed by atoms with Crippen molar-refractivity contribution in [3.63, 3.8) is 0 Å². The number of rotatable bonds is 10. The zero-order valence-corrected chi connectivity index (χ0v) is 22.7. The molecule has 0 radical (unpaired) electrons. The van der Waals surface area contributed by atoms with Crippen LogP contribution in [-0.4, -0.2) is 33.1 Å². The molecule has 2 heterocycles. The molecule has 1 aliphatic rings. The van der Waals surface area contributed by atoms with E-state index in [-0.39, 0.29) is 17.7 Å².